The molecule has 11 nitrogen and oxygen atoms in total. The molecule has 1 aromatic rings. The molecule has 200 valence electrons. The SMILES string of the molecule is CCCC(C)CCCOC(=O)CCn1c(=O)[nH]c(=O)n(CCC(=O)OCCCC(C)CCO)c1=O. The van der Waals surface area contributed by atoms with Crippen molar-refractivity contribution in [3.05, 3.63) is 31.5 Å². The number of esters is 2. The fourth-order valence-electron chi connectivity index (χ4n) is 3.73. The topological polar surface area (TPSA) is 150 Å². The molecule has 0 amide bonds. The zero-order valence-electron chi connectivity index (χ0n) is 21.3. The van der Waals surface area contributed by atoms with E-state index in [4.69, 9.17) is 14.6 Å². The van der Waals surface area contributed by atoms with Crippen molar-refractivity contribution in [1.82, 2.24) is 14.1 Å². The summed E-state index contributed by atoms with van der Waals surface area (Å²) in [6, 6.07) is 0. The highest BCUT2D eigenvalue weighted by Gasteiger charge is 2.14. The molecule has 2 N–H and O–H groups in total. The number of aliphatic hydroxyl groups is 1. The largest absolute Gasteiger partial charge is 0.466 e. The quantitative estimate of drug-likeness (QED) is 0.228. The number of ether oxygens (including phenoxy) is 2. The van der Waals surface area contributed by atoms with Gasteiger partial charge in [0.15, 0.2) is 0 Å². The number of carbonyl (C=O) groups is 2. The molecule has 1 heterocycles. The summed E-state index contributed by atoms with van der Waals surface area (Å²) >= 11 is 0. The highest BCUT2D eigenvalue weighted by atomic mass is 16.5. The van der Waals surface area contributed by atoms with Crippen LogP contribution < -0.4 is 17.1 Å². The summed E-state index contributed by atoms with van der Waals surface area (Å²) in [4.78, 5) is 62.7. The predicted octanol–water partition coefficient (Wildman–Crippen LogP) is 1.58. The first kappa shape index (κ1) is 30.3. The van der Waals surface area contributed by atoms with Gasteiger partial charge in [-0.25, -0.2) is 23.5 Å². The Balaban J connectivity index is 2.54. The van der Waals surface area contributed by atoms with E-state index in [1.807, 2.05) is 11.9 Å². The average molecular weight is 500 g/mol. The first-order chi connectivity index (χ1) is 16.7. The normalized spacial score (nSPS) is 12.8. The van der Waals surface area contributed by atoms with E-state index in [0.29, 0.717) is 24.7 Å². The Bertz CT molecular complexity index is 878. The maximum atomic E-state index is 12.6. The summed E-state index contributed by atoms with van der Waals surface area (Å²) < 4.78 is 11.8. The lowest BCUT2D eigenvalue weighted by Crippen LogP contribution is -2.49. The van der Waals surface area contributed by atoms with Crippen molar-refractivity contribution in [2.45, 2.75) is 91.6 Å². The minimum atomic E-state index is -0.925. The number of aliphatic hydroxyl groups excluding tert-OH is 1. The van der Waals surface area contributed by atoms with Crippen LogP contribution >= 0.6 is 0 Å². The van der Waals surface area contributed by atoms with E-state index in [1.165, 1.54) is 0 Å². The van der Waals surface area contributed by atoms with E-state index < -0.39 is 29.0 Å². The Morgan fingerprint density at radius 2 is 1.29 bits per heavy atom. The molecule has 35 heavy (non-hydrogen) atoms. The summed E-state index contributed by atoms with van der Waals surface area (Å²) in [6.07, 6.45) is 5.66. The first-order valence-corrected chi connectivity index (χ1v) is 12.6. The minimum absolute atomic E-state index is 0.117. The maximum Gasteiger partial charge on any atom is 0.336 e. The summed E-state index contributed by atoms with van der Waals surface area (Å²) in [5.74, 6) is -0.215. The second-order valence-corrected chi connectivity index (χ2v) is 9.06. The van der Waals surface area contributed by atoms with Crippen LogP contribution in [-0.4, -0.2) is 51.0 Å². The molecule has 0 aliphatic carbocycles. The molecule has 0 aliphatic rings. The molecule has 0 radical (unpaired) electrons. The fraction of sp³-hybridized carbons (Fsp3) is 0.792. The van der Waals surface area contributed by atoms with Crippen LogP contribution in [0, 0.1) is 11.8 Å². The third-order valence-electron chi connectivity index (χ3n) is 5.86. The molecule has 0 aliphatic heterocycles. The summed E-state index contributed by atoms with van der Waals surface area (Å²) in [6.45, 7) is 6.38. The number of nitrogens with zero attached hydrogens (tertiary/aromatic N) is 2. The van der Waals surface area contributed by atoms with Gasteiger partial charge in [0.1, 0.15) is 0 Å². The van der Waals surface area contributed by atoms with Crippen molar-refractivity contribution in [3.8, 4) is 0 Å². The van der Waals surface area contributed by atoms with E-state index in [9.17, 15) is 24.0 Å². The molecule has 0 bridgehead atoms. The molecule has 0 saturated carbocycles. The van der Waals surface area contributed by atoms with Gasteiger partial charge in [0.2, 0.25) is 0 Å². The zero-order chi connectivity index (χ0) is 26.2. The van der Waals surface area contributed by atoms with Gasteiger partial charge >= 0.3 is 29.0 Å². The molecule has 0 aromatic carbocycles. The lowest BCUT2D eigenvalue weighted by Gasteiger charge is -2.11. The summed E-state index contributed by atoms with van der Waals surface area (Å²) in [5.41, 5.74) is -2.74. The van der Waals surface area contributed by atoms with Gasteiger partial charge in [0.05, 0.1) is 26.1 Å². The van der Waals surface area contributed by atoms with Gasteiger partial charge in [-0.05, 0) is 43.9 Å². The highest BCUT2D eigenvalue weighted by Crippen LogP contribution is 2.12. The van der Waals surface area contributed by atoms with Crippen LogP contribution in [0.5, 0.6) is 0 Å². The van der Waals surface area contributed by atoms with Crippen molar-refractivity contribution in [2.75, 3.05) is 19.8 Å². The van der Waals surface area contributed by atoms with Gasteiger partial charge in [-0.2, -0.15) is 0 Å². The Morgan fingerprint density at radius 1 is 0.829 bits per heavy atom. The lowest BCUT2D eigenvalue weighted by atomic mass is 10.0. The number of rotatable bonds is 18. The van der Waals surface area contributed by atoms with Crippen LogP contribution in [-0.2, 0) is 32.2 Å². The van der Waals surface area contributed by atoms with Gasteiger partial charge < -0.3 is 14.6 Å². The molecule has 2 unspecified atom stereocenters. The van der Waals surface area contributed by atoms with Gasteiger partial charge in [0, 0.05) is 19.7 Å². The monoisotopic (exact) mass is 499 g/mol. The van der Waals surface area contributed by atoms with E-state index >= 15 is 0 Å². The molecule has 0 spiro atoms. The van der Waals surface area contributed by atoms with Crippen LogP contribution in [0.2, 0.25) is 0 Å². The summed E-state index contributed by atoms with van der Waals surface area (Å²) in [7, 11) is 0. The average Bonchev–Trinajstić information content (AvgIpc) is 2.79. The number of H-pyrrole nitrogens is 1. The molecule has 11 heteroatoms. The third-order valence-corrected chi connectivity index (χ3v) is 5.86. The van der Waals surface area contributed by atoms with E-state index in [0.717, 1.165) is 41.2 Å². The van der Waals surface area contributed by atoms with E-state index in [2.05, 4.69) is 13.8 Å². The Hall–Kier alpha value is -2.69. The maximum absolute atomic E-state index is 12.6. The van der Waals surface area contributed by atoms with Crippen LogP contribution in [0.4, 0.5) is 0 Å². The highest BCUT2D eigenvalue weighted by molar-refractivity contribution is 5.69. The predicted molar refractivity (Wildman–Crippen MR) is 130 cm³/mol. The van der Waals surface area contributed by atoms with Crippen molar-refractivity contribution in [2.24, 2.45) is 11.8 Å². The number of hydrogen-bond donors (Lipinski definition) is 2. The molecule has 0 fully saturated rings. The van der Waals surface area contributed by atoms with Crippen molar-refractivity contribution >= 4 is 11.9 Å². The van der Waals surface area contributed by atoms with Crippen molar-refractivity contribution in [3.63, 3.8) is 0 Å². The van der Waals surface area contributed by atoms with Gasteiger partial charge in [-0.3, -0.25) is 14.6 Å². The number of hydrogen-bond acceptors (Lipinski definition) is 8. The Morgan fingerprint density at radius 3 is 1.71 bits per heavy atom. The smallest absolute Gasteiger partial charge is 0.336 e. The molecular formula is C24H41N3O8. The van der Waals surface area contributed by atoms with Crippen LogP contribution in [0.25, 0.3) is 0 Å². The number of nitrogens with one attached hydrogen (secondary N) is 1. The van der Waals surface area contributed by atoms with Gasteiger partial charge in [0.25, 0.3) is 0 Å². The van der Waals surface area contributed by atoms with Crippen LogP contribution in [0.3, 0.4) is 0 Å². The number of aromatic nitrogens is 3. The third kappa shape index (κ3) is 12.0. The Kier molecular flexibility index (Phi) is 14.6. The second kappa shape index (κ2) is 16.9. The van der Waals surface area contributed by atoms with E-state index in [1.54, 1.807) is 0 Å². The lowest BCUT2D eigenvalue weighted by molar-refractivity contribution is -0.144. The van der Waals surface area contributed by atoms with E-state index in [-0.39, 0.29) is 45.8 Å². The molecule has 1 rings (SSSR count). The molecule has 1 aromatic heterocycles. The first-order valence-electron chi connectivity index (χ1n) is 12.6. The Labute approximate surface area is 205 Å². The summed E-state index contributed by atoms with van der Waals surface area (Å²) in [5, 5.41) is 8.89. The van der Waals surface area contributed by atoms with Crippen molar-refractivity contribution in [1.29, 1.82) is 0 Å². The standard InChI is InChI=1S/C24H41N3O8/c1-4-7-18(2)8-5-16-34-20(29)10-13-26-22(31)25-23(32)27(24(26)33)14-11-21(30)35-17-6-9-19(3)12-15-28/h18-19,28H,4-17H2,1-3H3,(H,25,31,32). The number of aromatic amines is 1. The van der Waals surface area contributed by atoms with Gasteiger partial charge in [-0.15, -0.1) is 0 Å². The molecular weight excluding hydrogens is 458 g/mol. The number of carbonyl (C=O) groups excluding carboxylic acids is 2. The fourth-order valence-corrected chi connectivity index (χ4v) is 3.73. The van der Waals surface area contributed by atoms with Gasteiger partial charge in [-0.1, -0.05) is 33.6 Å². The van der Waals surface area contributed by atoms with Crippen molar-refractivity contribution < 1.29 is 24.2 Å². The zero-order valence-corrected chi connectivity index (χ0v) is 21.3. The van der Waals surface area contributed by atoms with Crippen LogP contribution in [0.15, 0.2) is 14.4 Å². The van der Waals surface area contributed by atoms with Crippen LogP contribution in [0.1, 0.15) is 78.6 Å². The molecule has 2 atom stereocenters. The second-order valence-electron chi connectivity index (χ2n) is 9.06. The molecule has 0 saturated heterocycles. The minimum Gasteiger partial charge on any atom is -0.466 e.